The molecule has 140 valence electrons. The minimum Gasteiger partial charge on any atom is -0.462 e. The van der Waals surface area contributed by atoms with E-state index in [1.165, 1.54) is 18.3 Å². The molecule has 0 saturated heterocycles. The van der Waals surface area contributed by atoms with Gasteiger partial charge >= 0.3 is 12.6 Å². The van der Waals surface area contributed by atoms with Crippen LogP contribution in [0, 0.1) is 0 Å². The van der Waals surface area contributed by atoms with E-state index in [0.717, 1.165) is 4.47 Å². The first-order valence-corrected chi connectivity index (χ1v) is 8.84. The van der Waals surface area contributed by atoms with Crippen LogP contribution in [0.25, 0.3) is 10.9 Å². The monoisotopic (exact) mass is 436 g/mol. The number of alkyl halides is 2. The largest absolute Gasteiger partial charge is 0.462 e. The van der Waals surface area contributed by atoms with Crippen LogP contribution in [-0.2, 0) is 4.74 Å². The van der Waals surface area contributed by atoms with Gasteiger partial charge in [-0.15, -0.1) is 0 Å². The molecule has 0 radical (unpaired) electrons. The number of rotatable bonds is 6. The SMILES string of the molecule is CCOC(=O)c1cnc2ccc(Br)cc2c1Nc1ccc(OC(F)F)cc1. The van der Waals surface area contributed by atoms with Crippen LogP contribution in [0.2, 0.25) is 0 Å². The van der Waals surface area contributed by atoms with Crippen molar-refractivity contribution in [3.8, 4) is 5.75 Å². The molecule has 3 rings (SSSR count). The number of nitrogens with one attached hydrogen (secondary N) is 1. The number of hydrogen-bond donors (Lipinski definition) is 1. The van der Waals surface area contributed by atoms with Crippen LogP contribution < -0.4 is 10.1 Å². The van der Waals surface area contributed by atoms with Crippen LogP contribution in [0.4, 0.5) is 20.2 Å². The van der Waals surface area contributed by atoms with Gasteiger partial charge in [0, 0.05) is 21.7 Å². The highest BCUT2D eigenvalue weighted by atomic mass is 79.9. The standard InChI is InChI=1S/C19H15BrF2N2O3/c1-2-26-18(25)15-10-23-16-8-3-11(20)9-14(16)17(15)24-12-4-6-13(7-5-12)27-19(21)22/h3-10,19H,2H2,1H3,(H,23,24). The van der Waals surface area contributed by atoms with Gasteiger partial charge < -0.3 is 14.8 Å². The fourth-order valence-corrected chi connectivity index (χ4v) is 2.89. The number of benzene rings is 2. The molecule has 5 nitrogen and oxygen atoms in total. The number of anilines is 2. The molecule has 1 aromatic heterocycles. The second kappa shape index (κ2) is 8.30. The zero-order valence-electron chi connectivity index (χ0n) is 14.2. The quantitative estimate of drug-likeness (QED) is 0.515. The average Bonchev–Trinajstić information content (AvgIpc) is 2.63. The molecule has 27 heavy (non-hydrogen) atoms. The molecule has 0 saturated carbocycles. The van der Waals surface area contributed by atoms with E-state index in [1.807, 2.05) is 18.2 Å². The molecule has 1 heterocycles. The lowest BCUT2D eigenvalue weighted by Gasteiger charge is -2.15. The van der Waals surface area contributed by atoms with E-state index in [9.17, 15) is 13.6 Å². The Balaban J connectivity index is 2.03. The van der Waals surface area contributed by atoms with E-state index in [4.69, 9.17) is 4.74 Å². The van der Waals surface area contributed by atoms with Crippen LogP contribution in [0.3, 0.4) is 0 Å². The van der Waals surface area contributed by atoms with Gasteiger partial charge in [-0.25, -0.2) is 4.79 Å². The Labute approximate surface area is 162 Å². The Morgan fingerprint density at radius 3 is 2.63 bits per heavy atom. The van der Waals surface area contributed by atoms with Crippen LogP contribution in [0.15, 0.2) is 53.1 Å². The van der Waals surface area contributed by atoms with Crippen molar-refractivity contribution < 1.29 is 23.0 Å². The highest BCUT2D eigenvalue weighted by Gasteiger charge is 2.17. The first kappa shape index (κ1) is 19.0. The molecule has 2 aromatic carbocycles. The first-order valence-electron chi connectivity index (χ1n) is 8.05. The van der Waals surface area contributed by atoms with E-state index < -0.39 is 12.6 Å². The molecule has 8 heteroatoms. The van der Waals surface area contributed by atoms with E-state index in [-0.39, 0.29) is 17.9 Å². The number of carbonyl (C=O) groups is 1. The maximum Gasteiger partial charge on any atom is 0.387 e. The molecular formula is C19H15BrF2N2O3. The smallest absolute Gasteiger partial charge is 0.387 e. The molecule has 0 spiro atoms. The van der Waals surface area contributed by atoms with Gasteiger partial charge in [-0.05, 0) is 49.4 Å². The summed E-state index contributed by atoms with van der Waals surface area (Å²) in [6.07, 6.45) is 1.45. The van der Waals surface area contributed by atoms with Crippen molar-refractivity contribution in [3.63, 3.8) is 0 Å². The molecule has 0 bridgehead atoms. The summed E-state index contributed by atoms with van der Waals surface area (Å²) in [5, 5.41) is 3.87. The molecule has 0 amide bonds. The summed E-state index contributed by atoms with van der Waals surface area (Å²) in [6.45, 7) is -0.938. The Bertz CT molecular complexity index is 965. The number of ether oxygens (including phenoxy) is 2. The summed E-state index contributed by atoms with van der Waals surface area (Å²) >= 11 is 3.42. The number of hydrogen-bond acceptors (Lipinski definition) is 5. The van der Waals surface area contributed by atoms with Crippen molar-refractivity contribution in [1.82, 2.24) is 4.98 Å². The van der Waals surface area contributed by atoms with Gasteiger partial charge in [-0.2, -0.15) is 8.78 Å². The second-order valence-electron chi connectivity index (χ2n) is 5.46. The van der Waals surface area contributed by atoms with Gasteiger partial charge in [0.05, 0.1) is 17.8 Å². The van der Waals surface area contributed by atoms with Crippen molar-refractivity contribution in [3.05, 3.63) is 58.7 Å². The van der Waals surface area contributed by atoms with Crippen LogP contribution in [-0.4, -0.2) is 24.2 Å². The molecule has 0 aliphatic rings. The molecule has 0 atom stereocenters. The van der Waals surface area contributed by atoms with E-state index >= 15 is 0 Å². The van der Waals surface area contributed by atoms with Gasteiger partial charge in [0.15, 0.2) is 0 Å². The fraction of sp³-hybridized carbons (Fsp3) is 0.158. The number of fused-ring (bicyclic) bond motifs is 1. The second-order valence-corrected chi connectivity index (χ2v) is 6.37. The van der Waals surface area contributed by atoms with Gasteiger partial charge in [-0.1, -0.05) is 15.9 Å². The lowest BCUT2D eigenvalue weighted by atomic mass is 10.1. The third-order valence-corrected chi connectivity index (χ3v) is 4.17. The predicted molar refractivity (Wildman–Crippen MR) is 102 cm³/mol. The first-order chi connectivity index (χ1) is 13.0. The highest BCUT2D eigenvalue weighted by molar-refractivity contribution is 9.10. The van der Waals surface area contributed by atoms with Gasteiger partial charge in [0.2, 0.25) is 0 Å². The summed E-state index contributed by atoms with van der Waals surface area (Å²) in [5.74, 6) is -0.462. The number of pyridine rings is 1. The van der Waals surface area contributed by atoms with Crippen molar-refractivity contribution >= 4 is 44.2 Å². The molecular weight excluding hydrogens is 422 g/mol. The summed E-state index contributed by atoms with van der Waals surface area (Å²) in [7, 11) is 0. The average molecular weight is 437 g/mol. The fourth-order valence-electron chi connectivity index (χ4n) is 2.53. The van der Waals surface area contributed by atoms with Gasteiger partial charge in [0.25, 0.3) is 0 Å². The zero-order valence-corrected chi connectivity index (χ0v) is 15.8. The summed E-state index contributed by atoms with van der Waals surface area (Å²) in [6, 6.07) is 11.5. The topological polar surface area (TPSA) is 60.5 Å². The molecule has 3 aromatic rings. The number of halogens is 3. The molecule has 0 fully saturated rings. The third kappa shape index (κ3) is 4.51. The summed E-state index contributed by atoms with van der Waals surface area (Å²) < 4.78 is 34.9. The van der Waals surface area contributed by atoms with Gasteiger partial charge in [0.1, 0.15) is 11.3 Å². The number of nitrogens with zero attached hydrogens (tertiary/aromatic N) is 1. The lowest BCUT2D eigenvalue weighted by molar-refractivity contribution is -0.0498. The number of esters is 1. The van der Waals surface area contributed by atoms with Crippen LogP contribution in [0.5, 0.6) is 5.75 Å². The molecule has 0 unspecified atom stereocenters. The lowest BCUT2D eigenvalue weighted by Crippen LogP contribution is -2.09. The summed E-state index contributed by atoms with van der Waals surface area (Å²) in [5.41, 5.74) is 2.07. The molecule has 0 aliphatic carbocycles. The predicted octanol–water partition coefficient (Wildman–Crippen LogP) is 5.52. The summed E-state index contributed by atoms with van der Waals surface area (Å²) in [4.78, 5) is 16.7. The van der Waals surface area contributed by atoms with Crippen LogP contribution in [0.1, 0.15) is 17.3 Å². The van der Waals surface area contributed by atoms with Crippen molar-refractivity contribution in [2.24, 2.45) is 0 Å². The Kier molecular flexibility index (Phi) is 5.85. The number of aromatic nitrogens is 1. The minimum absolute atomic E-state index is 0.0449. The zero-order chi connectivity index (χ0) is 19.4. The minimum atomic E-state index is -2.89. The number of carbonyl (C=O) groups excluding carboxylic acids is 1. The van der Waals surface area contributed by atoms with Crippen LogP contribution >= 0.6 is 15.9 Å². The Morgan fingerprint density at radius 1 is 1.22 bits per heavy atom. The molecule has 1 N–H and O–H groups in total. The highest BCUT2D eigenvalue weighted by Crippen LogP contribution is 2.32. The normalized spacial score (nSPS) is 10.9. The van der Waals surface area contributed by atoms with E-state index in [1.54, 1.807) is 19.1 Å². The maximum atomic E-state index is 12.3. The van der Waals surface area contributed by atoms with E-state index in [2.05, 4.69) is 31.0 Å². The van der Waals surface area contributed by atoms with Gasteiger partial charge in [-0.3, -0.25) is 4.98 Å². The van der Waals surface area contributed by atoms with Crippen molar-refractivity contribution in [2.75, 3.05) is 11.9 Å². The maximum absolute atomic E-state index is 12.3. The third-order valence-electron chi connectivity index (χ3n) is 3.67. The molecule has 0 aliphatic heterocycles. The van der Waals surface area contributed by atoms with Crippen molar-refractivity contribution in [1.29, 1.82) is 0 Å². The van der Waals surface area contributed by atoms with Crippen molar-refractivity contribution in [2.45, 2.75) is 13.5 Å². The Hall–Kier alpha value is -2.74. The van der Waals surface area contributed by atoms with E-state index in [0.29, 0.717) is 22.3 Å². The Morgan fingerprint density at radius 2 is 1.96 bits per heavy atom.